The fourth-order valence-corrected chi connectivity index (χ4v) is 12.7. The molecule has 18 N–H and O–H groups in total. The van der Waals surface area contributed by atoms with Crippen LogP contribution in [-0.4, -0.2) is 181 Å². The highest BCUT2D eigenvalue weighted by Gasteiger charge is 2.43. The number of hydrogen-bond acceptors (Lipinski definition) is 18. The first-order valence-corrected chi connectivity index (χ1v) is 37.2. The summed E-state index contributed by atoms with van der Waals surface area (Å²) in [5, 5.41) is 57.5. The number of aliphatic carboxylic acids is 1. The van der Waals surface area contributed by atoms with Crippen LogP contribution in [0.1, 0.15) is 168 Å². The van der Waals surface area contributed by atoms with Crippen molar-refractivity contribution >= 4 is 99.2 Å². The van der Waals surface area contributed by atoms with Crippen LogP contribution in [0, 0.1) is 29.4 Å². The van der Waals surface area contributed by atoms with E-state index >= 15 is 9.59 Å². The van der Waals surface area contributed by atoms with Gasteiger partial charge in [0.2, 0.25) is 76.5 Å². The Kier molecular flexibility index (Phi) is 35.6. The summed E-state index contributed by atoms with van der Waals surface area (Å²) in [7, 11) is 0. The summed E-state index contributed by atoms with van der Waals surface area (Å²) in [6.45, 7) is 9.97. The number of aromatic nitrogens is 1. The van der Waals surface area contributed by atoms with Gasteiger partial charge in [-0.1, -0.05) is 81.7 Å². The van der Waals surface area contributed by atoms with E-state index in [2.05, 4.69) is 58.2 Å². The Morgan fingerprint density at radius 1 is 0.649 bits per heavy atom. The number of H-pyrrole nitrogens is 1. The second kappa shape index (κ2) is 43.5. The number of aromatic hydroxyl groups is 1. The quantitative estimate of drug-likeness (QED) is 0.0317. The number of allylic oxidation sites excluding steroid dienone is 2. The number of halogens is 2. The first kappa shape index (κ1) is 90.8. The standard InChI is InChI=1S/C78H107F2N13O18/c1-43(2)34-52-41-84-58(28-30-63(81)97)66(101)65(100)45(4)85-72(107)61(39-51-40-83-57-21-17-16-20-54(51)57)89-73(108)60(38-48-22-25-53(96)26-23-48)88-71(106)59(29-31-64(98)99)90-75(110)77(7,92-69(104)50(35-44(3)95)36-49-24-27-55(79)56(80)37-49)32-18-14-12-10-9-11-13-15-19-33-78(8,93-70(52)105)76(111)91-62(42-94)74(109)87-47(6)68(103)86-46(5)67(82)102/h11,13,16-17,20-27,37,40,43,45-47,50,52,58-62,83-84,94,96H,9-10,12,14-15,18-19,28-36,38-39,41-42H2,1-8H3,(H2,81,97)(H2,82,102)(H,85,107)(H,86,103)(H,87,109)(H,88,106)(H,89,108)(H,90,110)(H,91,111)(H,92,104)(H,93,105)(H,98,99)/b13-11+/t45?,46?,47-,50-,52+,58-,59-,60?,61-,62?,77+,78-/m0/s1. The lowest BCUT2D eigenvalue weighted by atomic mass is 9.88. The van der Waals surface area contributed by atoms with Crippen molar-refractivity contribution < 1.29 is 96.0 Å². The number of amides is 11. The van der Waals surface area contributed by atoms with E-state index in [4.69, 9.17) is 11.5 Å². The van der Waals surface area contributed by atoms with Gasteiger partial charge in [-0.2, -0.15) is 0 Å². The van der Waals surface area contributed by atoms with Crippen LogP contribution in [-0.2, 0) is 91.2 Å². The third-order valence-electron chi connectivity index (χ3n) is 19.3. The topological polar surface area (TPSA) is 505 Å². The molecule has 606 valence electrons. The Morgan fingerprint density at radius 2 is 1.26 bits per heavy atom. The molecule has 0 aliphatic carbocycles. The maximum Gasteiger partial charge on any atom is 0.303 e. The van der Waals surface area contributed by atoms with Crippen molar-refractivity contribution in [1.29, 1.82) is 0 Å². The van der Waals surface area contributed by atoms with Crippen molar-refractivity contribution in [2.24, 2.45) is 29.2 Å². The van der Waals surface area contributed by atoms with E-state index in [1.807, 2.05) is 12.2 Å². The number of fused-ring (bicyclic) bond motifs is 1. The molecule has 33 heteroatoms. The number of nitrogens with one attached hydrogen (secondary N) is 11. The van der Waals surface area contributed by atoms with E-state index in [1.54, 1.807) is 44.3 Å². The van der Waals surface area contributed by atoms with Gasteiger partial charge in [-0.05, 0) is 159 Å². The highest BCUT2D eigenvalue weighted by molar-refractivity contribution is 6.41. The first-order valence-electron chi connectivity index (χ1n) is 37.2. The summed E-state index contributed by atoms with van der Waals surface area (Å²) in [6, 6.07) is 2.83. The van der Waals surface area contributed by atoms with Crippen LogP contribution in [0.2, 0.25) is 0 Å². The molecule has 11 amide bonds. The number of benzene rings is 3. The number of carboxylic acid groups (broad SMARTS) is 1. The second-order valence-corrected chi connectivity index (χ2v) is 29.4. The third kappa shape index (κ3) is 29.2. The lowest BCUT2D eigenvalue weighted by molar-refractivity contribution is -0.140. The minimum absolute atomic E-state index is 0.0956. The Hall–Kier alpha value is -10.8. The molecule has 12 atom stereocenters. The molecule has 3 aromatic carbocycles. The van der Waals surface area contributed by atoms with Crippen LogP contribution in [0.5, 0.6) is 5.75 Å². The number of rotatable bonds is 26. The maximum atomic E-state index is 15.2. The number of primary amides is 2. The Bertz CT molecular complexity index is 4020. The monoisotopic (exact) mass is 1550 g/mol. The summed E-state index contributed by atoms with van der Waals surface area (Å²) in [6.07, 6.45) is 4.36. The summed E-state index contributed by atoms with van der Waals surface area (Å²) < 4.78 is 28.7. The summed E-state index contributed by atoms with van der Waals surface area (Å²) in [5.74, 6) is -19.8. The zero-order valence-electron chi connectivity index (χ0n) is 64.0. The minimum Gasteiger partial charge on any atom is -0.508 e. The van der Waals surface area contributed by atoms with Gasteiger partial charge in [0, 0.05) is 61.7 Å². The van der Waals surface area contributed by atoms with Crippen LogP contribution in [0.3, 0.4) is 0 Å². The van der Waals surface area contributed by atoms with E-state index in [-0.39, 0.29) is 75.1 Å². The van der Waals surface area contributed by atoms with Crippen LogP contribution >= 0.6 is 0 Å². The van der Waals surface area contributed by atoms with Gasteiger partial charge in [0.05, 0.1) is 24.6 Å². The van der Waals surface area contributed by atoms with Crippen molar-refractivity contribution in [2.45, 2.75) is 230 Å². The van der Waals surface area contributed by atoms with E-state index in [0.29, 0.717) is 54.1 Å². The Labute approximate surface area is 642 Å². The summed E-state index contributed by atoms with van der Waals surface area (Å²) >= 11 is 0. The number of nitrogens with two attached hydrogens (primary N) is 2. The molecule has 4 unspecified atom stereocenters. The van der Waals surface area contributed by atoms with Crippen LogP contribution in [0.25, 0.3) is 10.9 Å². The van der Waals surface area contributed by atoms with E-state index in [1.165, 1.54) is 71.9 Å². The molecule has 31 nitrogen and oxygen atoms in total. The maximum absolute atomic E-state index is 15.2. The molecule has 0 radical (unpaired) electrons. The van der Waals surface area contributed by atoms with Crippen molar-refractivity contribution in [3.8, 4) is 5.75 Å². The third-order valence-corrected chi connectivity index (χ3v) is 19.3. The van der Waals surface area contributed by atoms with Gasteiger partial charge in [-0.25, -0.2) is 8.78 Å². The molecular weight excluding hydrogens is 1440 g/mol. The number of aliphatic hydroxyl groups excluding tert-OH is 1. The first-order chi connectivity index (χ1) is 52.3. The predicted molar refractivity (Wildman–Crippen MR) is 403 cm³/mol. The van der Waals surface area contributed by atoms with Crippen molar-refractivity contribution in [3.05, 3.63) is 113 Å². The molecule has 1 aliphatic rings. The molecule has 0 fully saturated rings. The summed E-state index contributed by atoms with van der Waals surface area (Å²) in [4.78, 5) is 212. The van der Waals surface area contributed by atoms with Crippen LogP contribution < -0.4 is 64.6 Å². The average molecular weight is 1550 g/mol. The number of hydrogen-bond donors (Lipinski definition) is 16. The molecule has 5 rings (SSSR count). The van der Waals surface area contributed by atoms with Gasteiger partial charge in [-0.3, -0.25) is 67.1 Å². The molecule has 4 aromatic rings. The second-order valence-electron chi connectivity index (χ2n) is 29.4. The molecule has 111 heavy (non-hydrogen) atoms. The molecule has 0 bridgehead atoms. The van der Waals surface area contributed by atoms with Gasteiger partial charge in [-0.15, -0.1) is 0 Å². The minimum atomic E-state index is -1.97. The SMILES string of the molecule is CC(=O)C[C@@H](Cc1ccc(F)c(F)c1)C(=O)N[C@]1(C)CCCCCC/C=C/CCC[C@@](C)(C(=O)NC(CO)C(=O)N[C@@H](C)C(=O)NC(C)C(N)=O)NC(=O)[C@H](CC(C)C)CN[C@@H](CCC(N)=O)C(=O)C(=O)C(C)NC(=O)[C@H](Cc2c[nH]c3ccccc23)NC(=O)C(Cc2ccc(O)cc2)NC(=O)[C@H](CCC(=O)O)NC1=O. The van der Waals surface area contributed by atoms with Crippen molar-refractivity contribution in [2.75, 3.05) is 13.2 Å². The molecule has 0 saturated heterocycles. The number of Topliss-reactive ketones (excluding diaryl/α,β-unsaturated/α-hetero) is 3. The van der Waals surface area contributed by atoms with Crippen molar-refractivity contribution in [3.63, 3.8) is 0 Å². The smallest absolute Gasteiger partial charge is 0.303 e. The molecule has 2 heterocycles. The van der Waals surface area contributed by atoms with Gasteiger partial charge in [0.1, 0.15) is 58.9 Å². The highest BCUT2D eigenvalue weighted by Crippen LogP contribution is 2.26. The van der Waals surface area contributed by atoms with Crippen molar-refractivity contribution in [1.82, 2.24) is 58.2 Å². The molecular formula is C78H107F2N13O18. The lowest BCUT2D eigenvalue weighted by Gasteiger charge is -2.33. The number of aliphatic hydroxyl groups is 1. The van der Waals surface area contributed by atoms with Crippen LogP contribution in [0.4, 0.5) is 8.78 Å². The van der Waals surface area contributed by atoms with Crippen LogP contribution in [0.15, 0.2) is 85.1 Å². The lowest BCUT2D eigenvalue weighted by Crippen LogP contribution is -2.63. The van der Waals surface area contributed by atoms with Gasteiger partial charge in [0.25, 0.3) is 0 Å². The average Bonchev–Trinajstić information content (AvgIpc) is 1.81. The number of aromatic amines is 1. The molecule has 0 spiro atoms. The normalized spacial score (nSPS) is 23.0. The number of carbonyl (C=O) groups excluding carboxylic acids is 14. The number of para-hydroxylation sites is 1. The van der Waals surface area contributed by atoms with E-state index < -0.39 is 210 Å². The Morgan fingerprint density at radius 3 is 1.89 bits per heavy atom. The number of carbonyl (C=O) groups is 15. The van der Waals surface area contributed by atoms with Gasteiger partial charge >= 0.3 is 5.97 Å². The fraction of sp³-hybridized carbons (Fsp3) is 0.526. The number of phenolic OH excluding ortho intramolecular Hbond substituents is 1. The molecule has 1 aliphatic heterocycles. The molecule has 1 aromatic heterocycles. The van der Waals surface area contributed by atoms with Gasteiger partial charge < -0.3 is 89.7 Å². The Balaban J connectivity index is 1.61. The fourth-order valence-electron chi connectivity index (χ4n) is 12.7. The van der Waals surface area contributed by atoms with E-state index in [0.717, 1.165) is 12.1 Å². The van der Waals surface area contributed by atoms with E-state index in [9.17, 15) is 86.4 Å². The largest absolute Gasteiger partial charge is 0.508 e. The molecule has 0 saturated carbocycles. The van der Waals surface area contributed by atoms with Gasteiger partial charge in [0.15, 0.2) is 11.6 Å². The number of carboxylic acids is 1. The number of phenols is 1. The zero-order chi connectivity index (χ0) is 82.4. The highest BCUT2D eigenvalue weighted by atomic mass is 19.2. The number of ketones is 3. The predicted octanol–water partition coefficient (Wildman–Crippen LogP) is 2.43. The zero-order valence-corrected chi connectivity index (χ0v) is 64.0. The summed E-state index contributed by atoms with van der Waals surface area (Å²) in [5.41, 5.74) is 8.56.